The number of anilines is 1. The third kappa shape index (κ3) is 3.54. The molecule has 0 aliphatic heterocycles. The van der Waals surface area contributed by atoms with Crippen LogP contribution in [0.5, 0.6) is 0 Å². The van der Waals surface area contributed by atoms with E-state index >= 15 is 0 Å². The summed E-state index contributed by atoms with van der Waals surface area (Å²) in [5, 5.41) is 6.28. The minimum Gasteiger partial charge on any atom is -0.379 e. The van der Waals surface area contributed by atoms with Crippen molar-refractivity contribution in [3.63, 3.8) is 0 Å². The van der Waals surface area contributed by atoms with E-state index in [0.29, 0.717) is 11.4 Å². The number of aromatic nitrogens is 1. The normalized spacial score (nSPS) is 11.5. The molecule has 6 heteroatoms. The highest BCUT2D eigenvalue weighted by Crippen LogP contribution is 2.16. The van der Waals surface area contributed by atoms with Crippen molar-refractivity contribution >= 4 is 26.9 Å². The third-order valence-corrected chi connectivity index (χ3v) is 5.31. The second-order valence-electron chi connectivity index (χ2n) is 4.14. The Bertz CT molecular complexity index is 646. The van der Waals surface area contributed by atoms with E-state index < -0.39 is 9.84 Å². The summed E-state index contributed by atoms with van der Waals surface area (Å²) in [7, 11) is -3.12. The molecule has 0 aliphatic carbocycles. The van der Waals surface area contributed by atoms with Crippen LogP contribution >= 0.6 is 11.3 Å². The molecule has 0 amide bonds. The summed E-state index contributed by atoms with van der Waals surface area (Å²) >= 11 is 1.62. The Morgan fingerprint density at radius 2 is 1.95 bits per heavy atom. The molecule has 1 aromatic carbocycles. The van der Waals surface area contributed by atoms with Gasteiger partial charge in [0.25, 0.3) is 0 Å². The smallest absolute Gasteiger partial charge is 0.178 e. The average molecular weight is 296 g/mol. The fraction of sp³-hybridized carbons (Fsp3) is 0.308. The van der Waals surface area contributed by atoms with Crippen LogP contribution in [0.2, 0.25) is 0 Å². The standard InChI is InChI=1S/C13H16N2O2S2/c1-3-19(16,17)13-6-4-11(5-7-13)14-8-12-9-18-10(2)15-12/h4-7,9,14H,3,8H2,1-2H3. The molecule has 0 bridgehead atoms. The molecule has 2 aromatic rings. The Morgan fingerprint density at radius 1 is 1.26 bits per heavy atom. The van der Waals surface area contributed by atoms with Crippen LogP contribution in [0.25, 0.3) is 0 Å². The van der Waals surface area contributed by atoms with E-state index in [-0.39, 0.29) is 5.75 Å². The first-order chi connectivity index (χ1) is 9.01. The van der Waals surface area contributed by atoms with E-state index in [9.17, 15) is 8.42 Å². The average Bonchev–Trinajstić information content (AvgIpc) is 2.83. The molecule has 1 aromatic heterocycles. The summed E-state index contributed by atoms with van der Waals surface area (Å²) in [6.07, 6.45) is 0. The zero-order valence-corrected chi connectivity index (χ0v) is 12.5. The molecule has 102 valence electrons. The van der Waals surface area contributed by atoms with Crippen molar-refractivity contribution in [2.75, 3.05) is 11.1 Å². The Balaban J connectivity index is 2.03. The number of benzene rings is 1. The van der Waals surface area contributed by atoms with Crippen LogP contribution in [0.3, 0.4) is 0 Å². The summed E-state index contributed by atoms with van der Waals surface area (Å²) in [6.45, 7) is 4.26. The van der Waals surface area contributed by atoms with Gasteiger partial charge < -0.3 is 5.32 Å². The van der Waals surface area contributed by atoms with Gasteiger partial charge >= 0.3 is 0 Å². The van der Waals surface area contributed by atoms with Gasteiger partial charge in [0, 0.05) is 11.1 Å². The Labute approximate surface area is 117 Å². The summed E-state index contributed by atoms with van der Waals surface area (Å²) < 4.78 is 23.3. The zero-order chi connectivity index (χ0) is 13.9. The lowest BCUT2D eigenvalue weighted by Crippen LogP contribution is -2.04. The third-order valence-electron chi connectivity index (χ3n) is 2.73. The lowest BCUT2D eigenvalue weighted by Gasteiger charge is -2.06. The second-order valence-corrected chi connectivity index (χ2v) is 7.48. The minimum absolute atomic E-state index is 0.123. The molecule has 0 saturated heterocycles. The van der Waals surface area contributed by atoms with E-state index in [4.69, 9.17) is 0 Å². The van der Waals surface area contributed by atoms with Gasteiger partial charge in [-0.15, -0.1) is 11.3 Å². The summed E-state index contributed by atoms with van der Waals surface area (Å²) in [5.41, 5.74) is 1.88. The lowest BCUT2D eigenvalue weighted by molar-refractivity contribution is 0.597. The highest BCUT2D eigenvalue weighted by molar-refractivity contribution is 7.91. The Kier molecular flexibility index (Phi) is 4.21. The highest BCUT2D eigenvalue weighted by atomic mass is 32.2. The Morgan fingerprint density at radius 3 is 2.47 bits per heavy atom. The number of thiazole rings is 1. The van der Waals surface area contributed by atoms with E-state index in [1.807, 2.05) is 12.3 Å². The molecule has 0 unspecified atom stereocenters. The number of nitrogens with one attached hydrogen (secondary N) is 1. The monoisotopic (exact) mass is 296 g/mol. The van der Waals surface area contributed by atoms with Crippen LogP contribution in [0, 0.1) is 6.92 Å². The largest absolute Gasteiger partial charge is 0.379 e. The SMILES string of the molecule is CCS(=O)(=O)c1ccc(NCc2csc(C)n2)cc1. The molecule has 0 atom stereocenters. The molecule has 19 heavy (non-hydrogen) atoms. The van der Waals surface area contributed by atoms with E-state index in [1.54, 1.807) is 42.5 Å². The number of hydrogen-bond acceptors (Lipinski definition) is 5. The molecule has 2 rings (SSSR count). The van der Waals surface area contributed by atoms with Gasteiger partial charge in [0.2, 0.25) is 0 Å². The van der Waals surface area contributed by atoms with E-state index in [2.05, 4.69) is 10.3 Å². The fourth-order valence-corrected chi connectivity index (χ4v) is 3.13. The predicted molar refractivity (Wildman–Crippen MR) is 78.3 cm³/mol. The van der Waals surface area contributed by atoms with Crippen LogP contribution in [0.1, 0.15) is 17.6 Å². The fourth-order valence-electron chi connectivity index (χ4n) is 1.63. The molecule has 0 spiro atoms. The van der Waals surface area contributed by atoms with Gasteiger partial charge in [-0.25, -0.2) is 13.4 Å². The first-order valence-electron chi connectivity index (χ1n) is 5.99. The molecule has 0 saturated carbocycles. The van der Waals surface area contributed by atoms with Crippen molar-refractivity contribution in [2.45, 2.75) is 25.3 Å². The number of rotatable bonds is 5. The van der Waals surface area contributed by atoms with Gasteiger partial charge in [0.1, 0.15) is 0 Å². The molecular weight excluding hydrogens is 280 g/mol. The van der Waals surface area contributed by atoms with Crippen molar-refractivity contribution in [3.05, 3.63) is 40.3 Å². The molecular formula is C13H16N2O2S2. The summed E-state index contributed by atoms with van der Waals surface area (Å²) in [5.74, 6) is 0.123. The predicted octanol–water partition coefficient (Wildman–Crippen LogP) is 2.86. The van der Waals surface area contributed by atoms with Crippen LogP contribution in [-0.4, -0.2) is 19.2 Å². The first kappa shape index (κ1) is 14.0. The molecule has 0 aliphatic rings. The minimum atomic E-state index is -3.12. The molecule has 4 nitrogen and oxygen atoms in total. The van der Waals surface area contributed by atoms with Gasteiger partial charge in [-0.3, -0.25) is 0 Å². The van der Waals surface area contributed by atoms with Crippen molar-refractivity contribution in [3.8, 4) is 0 Å². The van der Waals surface area contributed by atoms with Crippen LogP contribution < -0.4 is 5.32 Å². The maximum Gasteiger partial charge on any atom is 0.178 e. The van der Waals surface area contributed by atoms with Gasteiger partial charge in [0.05, 0.1) is 27.9 Å². The molecule has 0 fully saturated rings. The van der Waals surface area contributed by atoms with E-state index in [1.165, 1.54) is 0 Å². The second kappa shape index (κ2) is 5.71. The van der Waals surface area contributed by atoms with Gasteiger partial charge in [0.15, 0.2) is 9.84 Å². The molecule has 1 N–H and O–H groups in total. The van der Waals surface area contributed by atoms with Crippen molar-refractivity contribution < 1.29 is 8.42 Å². The van der Waals surface area contributed by atoms with Crippen molar-refractivity contribution in [1.82, 2.24) is 4.98 Å². The van der Waals surface area contributed by atoms with Gasteiger partial charge in [-0.2, -0.15) is 0 Å². The topological polar surface area (TPSA) is 59.1 Å². The quantitative estimate of drug-likeness (QED) is 0.921. The van der Waals surface area contributed by atoms with Crippen molar-refractivity contribution in [2.24, 2.45) is 0 Å². The van der Waals surface area contributed by atoms with Crippen molar-refractivity contribution in [1.29, 1.82) is 0 Å². The Hall–Kier alpha value is -1.40. The van der Waals surface area contributed by atoms with Crippen LogP contribution in [-0.2, 0) is 16.4 Å². The molecule has 1 heterocycles. The van der Waals surface area contributed by atoms with Crippen LogP contribution in [0.15, 0.2) is 34.5 Å². The maximum absolute atomic E-state index is 11.7. The highest BCUT2D eigenvalue weighted by Gasteiger charge is 2.10. The number of hydrogen-bond donors (Lipinski definition) is 1. The van der Waals surface area contributed by atoms with E-state index in [0.717, 1.165) is 16.4 Å². The first-order valence-corrected chi connectivity index (χ1v) is 8.52. The summed E-state index contributed by atoms with van der Waals surface area (Å²) in [4.78, 5) is 4.72. The maximum atomic E-state index is 11.7. The van der Waals surface area contributed by atoms with Gasteiger partial charge in [-0.1, -0.05) is 6.92 Å². The summed E-state index contributed by atoms with van der Waals surface area (Å²) in [6, 6.07) is 6.82. The number of aryl methyl sites for hydroxylation is 1. The zero-order valence-electron chi connectivity index (χ0n) is 10.9. The van der Waals surface area contributed by atoms with Gasteiger partial charge in [-0.05, 0) is 31.2 Å². The lowest BCUT2D eigenvalue weighted by atomic mass is 10.3. The molecule has 0 radical (unpaired) electrons. The number of nitrogens with zero attached hydrogens (tertiary/aromatic N) is 1. The number of sulfone groups is 1. The van der Waals surface area contributed by atoms with Crippen LogP contribution in [0.4, 0.5) is 5.69 Å².